The summed E-state index contributed by atoms with van der Waals surface area (Å²) in [5, 5.41) is 2.86. The zero-order valence-corrected chi connectivity index (χ0v) is 11.5. The Bertz CT molecular complexity index is 371. The van der Waals surface area contributed by atoms with Crippen LogP contribution in [0.1, 0.15) is 6.42 Å². The second-order valence-electron chi connectivity index (χ2n) is 3.91. The van der Waals surface area contributed by atoms with Gasteiger partial charge in [0.1, 0.15) is 0 Å². The van der Waals surface area contributed by atoms with Gasteiger partial charge in [0.2, 0.25) is 5.91 Å². The second kappa shape index (κ2) is 7.42. The molecule has 0 spiro atoms. The minimum atomic E-state index is -0.0172. The molecule has 0 atom stereocenters. The number of amides is 1. The molecule has 1 aromatic carbocycles. The lowest BCUT2D eigenvalue weighted by atomic mass is 10.3. The number of hydrogen-bond donors (Lipinski definition) is 2. The molecule has 0 saturated carbocycles. The summed E-state index contributed by atoms with van der Waals surface area (Å²) in [6.45, 7) is 1.86. The maximum absolute atomic E-state index is 11.7. The molecule has 0 fully saturated rings. The van der Waals surface area contributed by atoms with Crippen LogP contribution in [0.2, 0.25) is 0 Å². The topological polar surface area (TPSA) is 58.4 Å². The molecule has 17 heavy (non-hydrogen) atoms. The van der Waals surface area contributed by atoms with E-state index in [0.29, 0.717) is 13.1 Å². The quantitative estimate of drug-likeness (QED) is 0.840. The Morgan fingerprint density at radius 1 is 1.47 bits per heavy atom. The van der Waals surface area contributed by atoms with E-state index in [9.17, 15) is 4.79 Å². The molecule has 4 nitrogen and oxygen atoms in total. The van der Waals surface area contributed by atoms with Crippen LogP contribution >= 0.6 is 15.9 Å². The number of hydrogen-bond acceptors (Lipinski definition) is 3. The second-order valence-corrected chi connectivity index (χ2v) is 4.76. The molecule has 0 radical (unpaired) electrons. The van der Waals surface area contributed by atoms with Gasteiger partial charge in [-0.2, -0.15) is 0 Å². The molecule has 0 saturated heterocycles. The Balaban J connectivity index is 2.42. The first-order chi connectivity index (χ1) is 8.13. The Labute approximate surface area is 110 Å². The van der Waals surface area contributed by atoms with Crippen molar-refractivity contribution in [1.29, 1.82) is 0 Å². The van der Waals surface area contributed by atoms with Crippen molar-refractivity contribution in [3.63, 3.8) is 0 Å². The monoisotopic (exact) mass is 299 g/mol. The van der Waals surface area contributed by atoms with E-state index < -0.39 is 0 Å². The van der Waals surface area contributed by atoms with Gasteiger partial charge in [0.15, 0.2) is 0 Å². The highest BCUT2D eigenvalue weighted by Gasteiger charge is 2.07. The van der Waals surface area contributed by atoms with E-state index in [4.69, 9.17) is 5.73 Å². The minimum Gasteiger partial charge on any atom is -0.330 e. The van der Waals surface area contributed by atoms with Gasteiger partial charge in [0.05, 0.1) is 12.2 Å². The summed E-state index contributed by atoms with van der Waals surface area (Å²) in [4.78, 5) is 13.7. The van der Waals surface area contributed by atoms with Crippen molar-refractivity contribution < 1.29 is 4.79 Å². The number of carbonyl (C=O) groups excluding carboxylic acids is 1. The molecule has 1 aromatic rings. The third-order valence-corrected chi connectivity index (χ3v) is 3.00. The van der Waals surface area contributed by atoms with Gasteiger partial charge in [-0.1, -0.05) is 12.1 Å². The summed E-state index contributed by atoms with van der Waals surface area (Å²) in [5.74, 6) is -0.0172. The van der Waals surface area contributed by atoms with Gasteiger partial charge >= 0.3 is 0 Å². The van der Waals surface area contributed by atoms with Crippen molar-refractivity contribution in [2.75, 3.05) is 32.0 Å². The van der Waals surface area contributed by atoms with E-state index in [1.54, 1.807) is 0 Å². The van der Waals surface area contributed by atoms with Crippen molar-refractivity contribution in [3.8, 4) is 0 Å². The van der Waals surface area contributed by atoms with Crippen LogP contribution in [-0.2, 0) is 4.79 Å². The maximum atomic E-state index is 11.7. The number of anilines is 1. The standard InChI is InChI=1S/C12H18BrN3O/c1-16(8-4-7-14)9-12(17)15-11-6-3-2-5-10(11)13/h2-3,5-6H,4,7-9,14H2,1H3,(H,15,17). The summed E-state index contributed by atoms with van der Waals surface area (Å²) in [7, 11) is 1.91. The smallest absolute Gasteiger partial charge is 0.238 e. The lowest BCUT2D eigenvalue weighted by Gasteiger charge is -2.15. The molecule has 94 valence electrons. The van der Waals surface area contributed by atoms with Gasteiger partial charge in [0.25, 0.3) is 0 Å². The van der Waals surface area contributed by atoms with Crippen LogP contribution in [0.15, 0.2) is 28.7 Å². The summed E-state index contributed by atoms with van der Waals surface area (Å²) in [6.07, 6.45) is 0.902. The molecule has 0 heterocycles. The normalized spacial score (nSPS) is 10.6. The Kier molecular flexibility index (Phi) is 6.18. The van der Waals surface area contributed by atoms with Gasteiger partial charge in [-0.3, -0.25) is 9.69 Å². The Morgan fingerprint density at radius 2 is 2.18 bits per heavy atom. The third-order valence-electron chi connectivity index (χ3n) is 2.31. The number of nitrogens with zero attached hydrogens (tertiary/aromatic N) is 1. The molecule has 1 rings (SSSR count). The molecule has 0 aliphatic rings. The predicted molar refractivity (Wildman–Crippen MR) is 73.9 cm³/mol. The van der Waals surface area contributed by atoms with Crippen molar-refractivity contribution >= 4 is 27.5 Å². The van der Waals surface area contributed by atoms with Gasteiger partial charge in [-0.15, -0.1) is 0 Å². The molecule has 0 aliphatic heterocycles. The van der Waals surface area contributed by atoms with E-state index in [2.05, 4.69) is 21.2 Å². The highest BCUT2D eigenvalue weighted by molar-refractivity contribution is 9.10. The number of carbonyl (C=O) groups is 1. The molecule has 0 aliphatic carbocycles. The van der Waals surface area contributed by atoms with E-state index in [0.717, 1.165) is 23.1 Å². The summed E-state index contributed by atoms with van der Waals surface area (Å²) in [6, 6.07) is 7.56. The molecule has 5 heteroatoms. The first kappa shape index (κ1) is 14.2. The Morgan fingerprint density at radius 3 is 2.82 bits per heavy atom. The first-order valence-electron chi connectivity index (χ1n) is 5.56. The number of halogens is 1. The van der Waals surface area contributed by atoms with Crippen LogP contribution in [0, 0.1) is 0 Å². The number of benzene rings is 1. The summed E-state index contributed by atoms with van der Waals surface area (Å²) < 4.78 is 0.887. The predicted octanol–water partition coefficient (Wildman–Crippen LogP) is 1.67. The van der Waals surface area contributed by atoms with E-state index in [-0.39, 0.29) is 5.91 Å². The number of likely N-dealkylation sites (N-methyl/N-ethyl adjacent to an activating group) is 1. The zero-order chi connectivity index (χ0) is 12.7. The van der Waals surface area contributed by atoms with Crippen molar-refractivity contribution in [1.82, 2.24) is 4.90 Å². The average molecular weight is 300 g/mol. The van der Waals surface area contributed by atoms with Crippen molar-refractivity contribution in [2.24, 2.45) is 5.73 Å². The number of para-hydroxylation sites is 1. The van der Waals surface area contributed by atoms with Crippen LogP contribution in [-0.4, -0.2) is 37.5 Å². The largest absolute Gasteiger partial charge is 0.330 e. The molecule has 0 unspecified atom stereocenters. The SMILES string of the molecule is CN(CCCN)CC(=O)Nc1ccccc1Br. The lowest BCUT2D eigenvalue weighted by Crippen LogP contribution is -2.31. The van der Waals surface area contributed by atoms with E-state index in [1.165, 1.54) is 0 Å². The highest BCUT2D eigenvalue weighted by Crippen LogP contribution is 2.20. The lowest BCUT2D eigenvalue weighted by molar-refractivity contribution is -0.117. The molecule has 0 aromatic heterocycles. The van der Waals surface area contributed by atoms with E-state index in [1.807, 2.05) is 36.2 Å². The molecule has 1 amide bonds. The van der Waals surface area contributed by atoms with Crippen LogP contribution in [0.3, 0.4) is 0 Å². The van der Waals surface area contributed by atoms with Gasteiger partial charge in [-0.05, 0) is 54.6 Å². The fourth-order valence-electron chi connectivity index (χ4n) is 1.44. The maximum Gasteiger partial charge on any atom is 0.238 e. The molecular weight excluding hydrogens is 282 g/mol. The fraction of sp³-hybridized carbons (Fsp3) is 0.417. The van der Waals surface area contributed by atoms with Crippen LogP contribution in [0.5, 0.6) is 0 Å². The molecule has 0 bridgehead atoms. The van der Waals surface area contributed by atoms with Crippen LogP contribution in [0.25, 0.3) is 0 Å². The van der Waals surface area contributed by atoms with Crippen molar-refractivity contribution in [2.45, 2.75) is 6.42 Å². The fourth-order valence-corrected chi connectivity index (χ4v) is 1.82. The first-order valence-corrected chi connectivity index (χ1v) is 6.35. The minimum absolute atomic E-state index is 0.0172. The third kappa shape index (κ3) is 5.30. The van der Waals surface area contributed by atoms with Gasteiger partial charge < -0.3 is 11.1 Å². The van der Waals surface area contributed by atoms with Crippen LogP contribution < -0.4 is 11.1 Å². The zero-order valence-electron chi connectivity index (χ0n) is 9.95. The molecular formula is C12H18BrN3O. The molecule has 3 N–H and O–H groups in total. The summed E-state index contributed by atoms with van der Waals surface area (Å²) in [5.41, 5.74) is 6.21. The van der Waals surface area contributed by atoms with Gasteiger partial charge in [-0.25, -0.2) is 0 Å². The highest BCUT2D eigenvalue weighted by atomic mass is 79.9. The summed E-state index contributed by atoms with van der Waals surface area (Å²) >= 11 is 3.39. The van der Waals surface area contributed by atoms with E-state index >= 15 is 0 Å². The number of rotatable bonds is 6. The van der Waals surface area contributed by atoms with Crippen LogP contribution in [0.4, 0.5) is 5.69 Å². The van der Waals surface area contributed by atoms with Crippen molar-refractivity contribution in [3.05, 3.63) is 28.7 Å². The Hall–Kier alpha value is -0.910. The average Bonchev–Trinajstić information content (AvgIpc) is 2.29. The van der Waals surface area contributed by atoms with Gasteiger partial charge in [0, 0.05) is 4.47 Å². The number of nitrogens with two attached hydrogens (primary N) is 1. The number of nitrogens with one attached hydrogen (secondary N) is 1.